The Balaban J connectivity index is 1.98. The Bertz CT molecular complexity index is 373. The van der Waals surface area contributed by atoms with Crippen LogP contribution < -0.4 is 5.73 Å². The summed E-state index contributed by atoms with van der Waals surface area (Å²) in [4.78, 5) is 2.57. The Labute approximate surface area is 111 Å². The van der Waals surface area contributed by atoms with E-state index in [2.05, 4.69) is 43.0 Å². The third-order valence-electron chi connectivity index (χ3n) is 3.96. The van der Waals surface area contributed by atoms with E-state index in [0.717, 1.165) is 25.4 Å². The predicted molar refractivity (Wildman–Crippen MR) is 77.5 cm³/mol. The maximum Gasteiger partial charge on any atom is 0.0262 e. The van der Waals surface area contributed by atoms with Crippen molar-refractivity contribution < 1.29 is 0 Å². The molecule has 0 spiro atoms. The Morgan fingerprint density at radius 2 is 2.00 bits per heavy atom. The van der Waals surface area contributed by atoms with Crippen molar-refractivity contribution in [3.8, 4) is 0 Å². The molecule has 0 amide bonds. The zero-order valence-corrected chi connectivity index (χ0v) is 11.7. The summed E-state index contributed by atoms with van der Waals surface area (Å²) in [6.45, 7) is 7.64. The quantitative estimate of drug-likeness (QED) is 0.865. The molecule has 2 heteroatoms. The highest BCUT2D eigenvalue weighted by molar-refractivity contribution is 5.30. The Morgan fingerprint density at radius 1 is 1.28 bits per heavy atom. The van der Waals surface area contributed by atoms with Gasteiger partial charge in [-0.25, -0.2) is 0 Å². The van der Waals surface area contributed by atoms with Gasteiger partial charge in [0.1, 0.15) is 0 Å². The number of nitrogens with zero attached hydrogens (tertiary/aromatic N) is 1. The van der Waals surface area contributed by atoms with Gasteiger partial charge in [-0.1, -0.05) is 38.1 Å². The molecular formula is C16H26N2. The fourth-order valence-corrected chi connectivity index (χ4v) is 2.84. The lowest BCUT2D eigenvalue weighted by atomic mass is 9.93. The third kappa shape index (κ3) is 3.33. The summed E-state index contributed by atoms with van der Waals surface area (Å²) >= 11 is 0. The summed E-state index contributed by atoms with van der Waals surface area (Å²) < 4.78 is 0. The molecule has 1 aromatic rings. The molecule has 2 nitrogen and oxygen atoms in total. The van der Waals surface area contributed by atoms with E-state index in [9.17, 15) is 0 Å². The molecule has 0 bridgehead atoms. The molecule has 2 N–H and O–H groups in total. The maximum absolute atomic E-state index is 5.94. The largest absolute Gasteiger partial charge is 0.329 e. The summed E-state index contributed by atoms with van der Waals surface area (Å²) in [7, 11) is 0. The lowest BCUT2D eigenvalue weighted by Gasteiger charge is -2.36. The summed E-state index contributed by atoms with van der Waals surface area (Å²) in [5.41, 5.74) is 8.93. The Hall–Kier alpha value is -0.860. The van der Waals surface area contributed by atoms with Crippen LogP contribution in [-0.4, -0.2) is 24.0 Å². The molecule has 0 saturated carbocycles. The van der Waals surface area contributed by atoms with Crippen molar-refractivity contribution in [3.63, 3.8) is 0 Å². The molecule has 0 aliphatic carbocycles. The summed E-state index contributed by atoms with van der Waals surface area (Å²) in [6.07, 6.45) is 3.72. The van der Waals surface area contributed by atoms with Gasteiger partial charge in [0.2, 0.25) is 0 Å². The SMILES string of the molecule is CC(C)CCCN1Cc2ccccc2CC1CN. The van der Waals surface area contributed by atoms with Crippen LogP contribution in [-0.2, 0) is 13.0 Å². The normalized spacial score (nSPS) is 20.1. The van der Waals surface area contributed by atoms with Crippen LogP contribution >= 0.6 is 0 Å². The number of benzene rings is 1. The Morgan fingerprint density at radius 3 is 2.67 bits per heavy atom. The molecule has 0 aromatic heterocycles. The number of nitrogens with two attached hydrogens (primary N) is 1. The van der Waals surface area contributed by atoms with E-state index < -0.39 is 0 Å². The number of hydrogen-bond acceptors (Lipinski definition) is 2. The van der Waals surface area contributed by atoms with E-state index in [1.165, 1.54) is 30.5 Å². The molecule has 18 heavy (non-hydrogen) atoms. The van der Waals surface area contributed by atoms with E-state index in [0.29, 0.717) is 6.04 Å². The van der Waals surface area contributed by atoms with Gasteiger partial charge in [-0.15, -0.1) is 0 Å². The molecule has 1 heterocycles. The first-order valence-corrected chi connectivity index (χ1v) is 7.21. The number of fused-ring (bicyclic) bond motifs is 1. The molecule has 1 aliphatic heterocycles. The van der Waals surface area contributed by atoms with Gasteiger partial charge in [0.05, 0.1) is 0 Å². The highest BCUT2D eigenvalue weighted by Gasteiger charge is 2.24. The second-order valence-corrected chi connectivity index (χ2v) is 5.87. The van der Waals surface area contributed by atoms with Gasteiger partial charge >= 0.3 is 0 Å². The second kappa shape index (κ2) is 6.35. The molecular weight excluding hydrogens is 220 g/mol. The van der Waals surface area contributed by atoms with Crippen molar-refractivity contribution in [2.45, 2.75) is 45.7 Å². The lowest BCUT2D eigenvalue weighted by Crippen LogP contribution is -2.45. The highest BCUT2D eigenvalue weighted by atomic mass is 15.2. The van der Waals surface area contributed by atoms with Gasteiger partial charge in [-0.05, 0) is 42.9 Å². The first-order chi connectivity index (χ1) is 8.70. The van der Waals surface area contributed by atoms with E-state index in [4.69, 9.17) is 5.73 Å². The first-order valence-electron chi connectivity index (χ1n) is 7.21. The average molecular weight is 246 g/mol. The van der Waals surface area contributed by atoms with E-state index in [-0.39, 0.29) is 0 Å². The average Bonchev–Trinajstić information content (AvgIpc) is 2.37. The molecule has 1 aromatic carbocycles. The minimum Gasteiger partial charge on any atom is -0.329 e. The van der Waals surface area contributed by atoms with Gasteiger partial charge in [-0.3, -0.25) is 4.90 Å². The fraction of sp³-hybridized carbons (Fsp3) is 0.625. The molecule has 1 aliphatic rings. The predicted octanol–water partition coefficient (Wildman–Crippen LogP) is 2.81. The van der Waals surface area contributed by atoms with Crippen LogP contribution in [0.15, 0.2) is 24.3 Å². The first kappa shape index (κ1) is 13.6. The summed E-state index contributed by atoms with van der Waals surface area (Å²) in [6, 6.07) is 9.34. The molecule has 0 fully saturated rings. The van der Waals surface area contributed by atoms with E-state index in [1.807, 2.05) is 0 Å². The van der Waals surface area contributed by atoms with Crippen molar-refractivity contribution in [3.05, 3.63) is 35.4 Å². The minimum absolute atomic E-state index is 0.534. The zero-order valence-electron chi connectivity index (χ0n) is 11.7. The smallest absolute Gasteiger partial charge is 0.0262 e. The van der Waals surface area contributed by atoms with Crippen molar-refractivity contribution >= 4 is 0 Å². The van der Waals surface area contributed by atoms with Crippen LogP contribution in [0.5, 0.6) is 0 Å². The molecule has 1 atom stereocenters. The van der Waals surface area contributed by atoms with Crippen LogP contribution in [0.25, 0.3) is 0 Å². The van der Waals surface area contributed by atoms with Gasteiger partial charge in [0, 0.05) is 19.1 Å². The topological polar surface area (TPSA) is 29.3 Å². The maximum atomic E-state index is 5.94. The van der Waals surface area contributed by atoms with Crippen molar-refractivity contribution in [2.75, 3.05) is 13.1 Å². The van der Waals surface area contributed by atoms with Crippen LogP contribution in [0.4, 0.5) is 0 Å². The standard InChI is InChI=1S/C16H26N2/c1-13(2)6-5-9-18-12-15-8-4-3-7-14(15)10-16(18)11-17/h3-4,7-8,13,16H,5-6,9-12,17H2,1-2H3. The molecule has 1 unspecified atom stereocenters. The lowest BCUT2D eigenvalue weighted by molar-refractivity contribution is 0.170. The molecule has 100 valence electrons. The van der Waals surface area contributed by atoms with Crippen LogP contribution in [0.2, 0.25) is 0 Å². The van der Waals surface area contributed by atoms with Crippen LogP contribution in [0.1, 0.15) is 37.8 Å². The minimum atomic E-state index is 0.534. The third-order valence-corrected chi connectivity index (χ3v) is 3.96. The van der Waals surface area contributed by atoms with Gasteiger partial charge < -0.3 is 5.73 Å². The van der Waals surface area contributed by atoms with Crippen molar-refractivity contribution in [1.82, 2.24) is 4.90 Å². The summed E-state index contributed by atoms with van der Waals surface area (Å²) in [5, 5.41) is 0. The highest BCUT2D eigenvalue weighted by Crippen LogP contribution is 2.23. The van der Waals surface area contributed by atoms with E-state index in [1.54, 1.807) is 0 Å². The fourth-order valence-electron chi connectivity index (χ4n) is 2.84. The van der Waals surface area contributed by atoms with Crippen LogP contribution in [0, 0.1) is 5.92 Å². The molecule has 0 radical (unpaired) electrons. The molecule has 2 rings (SSSR count). The monoisotopic (exact) mass is 246 g/mol. The number of hydrogen-bond donors (Lipinski definition) is 1. The van der Waals surface area contributed by atoms with Crippen molar-refractivity contribution in [2.24, 2.45) is 11.7 Å². The van der Waals surface area contributed by atoms with E-state index >= 15 is 0 Å². The van der Waals surface area contributed by atoms with Crippen molar-refractivity contribution in [1.29, 1.82) is 0 Å². The number of rotatable bonds is 5. The van der Waals surface area contributed by atoms with Crippen LogP contribution in [0.3, 0.4) is 0 Å². The van der Waals surface area contributed by atoms with Gasteiger partial charge in [0.25, 0.3) is 0 Å². The van der Waals surface area contributed by atoms with Gasteiger partial charge in [-0.2, -0.15) is 0 Å². The Kier molecular flexibility index (Phi) is 4.79. The molecule has 0 saturated heterocycles. The zero-order chi connectivity index (χ0) is 13.0. The van der Waals surface area contributed by atoms with Gasteiger partial charge in [0.15, 0.2) is 0 Å². The summed E-state index contributed by atoms with van der Waals surface area (Å²) in [5.74, 6) is 0.804. The second-order valence-electron chi connectivity index (χ2n) is 5.87.